The van der Waals surface area contributed by atoms with E-state index in [2.05, 4.69) is 32.8 Å². The van der Waals surface area contributed by atoms with E-state index in [1.165, 1.54) is 5.56 Å². The molecule has 0 saturated carbocycles. The minimum atomic E-state index is -0.375. The molecule has 4 aromatic rings. The molecule has 2 aliphatic heterocycles. The van der Waals surface area contributed by atoms with Crippen LogP contribution in [0.3, 0.4) is 0 Å². The molecule has 7 nitrogen and oxygen atoms in total. The van der Waals surface area contributed by atoms with Crippen LogP contribution in [0.5, 0.6) is 0 Å². The summed E-state index contributed by atoms with van der Waals surface area (Å²) in [6.45, 7) is 0. The Hall–Kier alpha value is -3.87. The van der Waals surface area contributed by atoms with Crippen LogP contribution in [-0.2, 0) is 11.2 Å². The van der Waals surface area contributed by atoms with Gasteiger partial charge < -0.3 is 4.90 Å². The highest BCUT2D eigenvalue weighted by Gasteiger charge is 2.50. The van der Waals surface area contributed by atoms with Crippen molar-refractivity contribution in [3.63, 3.8) is 0 Å². The van der Waals surface area contributed by atoms with E-state index in [-0.39, 0.29) is 18.1 Å². The van der Waals surface area contributed by atoms with Gasteiger partial charge in [0.1, 0.15) is 17.1 Å². The summed E-state index contributed by atoms with van der Waals surface area (Å²) in [4.78, 5) is 15.8. The first-order valence-corrected chi connectivity index (χ1v) is 10.0. The van der Waals surface area contributed by atoms with Crippen molar-refractivity contribution >= 4 is 28.3 Å². The molecule has 3 heterocycles. The second-order valence-corrected chi connectivity index (χ2v) is 7.63. The molecule has 7 heteroatoms. The quantitative estimate of drug-likeness (QED) is 0.565. The van der Waals surface area contributed by atoms with Crippen molar-refractivity contribution in [3.05, 3.63) is 83.9 Å². The lowest BCUT2D eigenvalue weighted by Crippen LogP contribution is -2.38. The molecule has 2 unspecified atom stereocenters. The van der Waals surface area contributed by atoms with Crippen molar-refractivity contribution in [1.29, 1.82) is 0 Å². The van der Waals surface area contributed by atoms with Gasteiger partial charge in [0.15, 0.2) is 6.17 Å². The molecular weight excluding hydrogens is 378 g/mol. The number of nitrogens with one attached hydrogen (secondary N) is 1. The lowest BCUT2D eigenvalue weighted by molar-refractivity contribution is -0.128. The van der Waals surface area contributed by atoms with Gasteiger partial charge in [0, 0.05) is 11.3 Å². The number of hydrogen-bond acceptors (Lipinski definition) is 6. The molecule has 0 aliphatic carbocycles. The molecule has 1 amide bonds. The number of carbonyl (C=O) groups excluding carboxylic acids is 1. The van der Waals surface area contributed by atoms with E-state index >= 15 is 0 Å². The van der Waals surface area contributed by atoms with Crippen LogP contribution in [0.15, 0.2) is 77.4 Å². The van der Waals surface area contributed by atoms with Crippen LogP contribution in [0, 0.1) is 0 Å². The highest BCUT2D eigenvalue weighted by molar-refractivity contribution is 5.93. The molecule has 148 valence electrons. The second-order valence-electron chi connectivity index (χ2n) is 7.63. The molecule has 2 atom stereocenters. The van der Waals surface area contributed by atoms with Gasteiger partial charge in [-0.2, -0.15) is 0 Å². The number of hydrogen-bond donors (Lipinski definition) is 1. The molecule has 0 radical (unpaired) electrons. The van der Waals surface area contributed by atoms with Gasteiger partial charge in [0.25, 0.3) is 5.91 Å². The molecule has 1 aromatic heterocycles. The molecule has 2 aliphatic rings. The van der Waals surface area contributed by atoms with E-state index < -0.39 is 0 Å². The average Bonchev–Trinajstić information content (AvgIpc) is 3.38. The minimum absolute atomic E-state index is 0.0480. The van der Waals surface area contributed by atoms with Gasteiger partial charge in [0.2, 0.25) is 0 Å². The Labute approximate surface area is 172 Å². The summed E-state index contributed by atoms with van der Waals surface area (Å²) < 4.78 is 5.01. The van der Waals surface area contributed by atoms with E-state index in [1.807, 2.05) is 60.7 Å². The van der Waals surface area contributed by atoms with Crippen LogP contribution < -0.4 is 10.3 Å². The summed E-state index contributed by atoms with van der Waals surface area (Å²) in [7, 11) is 0. The van der Waals surface area contributed by atoms with Gasteiger partial charge >= 0.3 is 0 Å². The third-order valence-electron chi connectivity index (χ3n) is 5.94. The minimum Gasteiger partial charge on any atom is -0.333 e. The fourth-order valence-electron chi connectivity index (χ4n) is 4.62. The van der Waals surface area contributed by atoms with Crippen molar-refractivity contribution < 1.29 is 9.42 Å². The number of benzene rings is 3. The Morgan fingerprint density at radius 2 is 1.77 bits per heavy atom. The number of nitrogens with zero attached hydrogens (tertiary/aromatic N) is 4. The van der Waals surface area contributed by atoms with Crippen LogP contribution in [0.25, 0.3) is 11.0 Å². The van der Waals surface area contributed by atoms with Gasteiger partial charge in [-0.05, 0) is 53.0 Å². The molecule has 3 aromatic carbocycles. The van der Waals surface area contributed by atoms with Crippen LogP contribution in [0.1, 0.15) is 23.7 Å². The lowest BCUT2D eigenvalue weighted by Gasteiger charge is -2.37. The Bertz CT molecular complexity index is 1240. The van der Waals surface area contributed by atoms with Crippen molar-refractivity contribution in [2.24, 2.45) is 0 Å². The maximum atomic E-state index is 13.6. The third kappa shape index (κ3) is 2.48. The maximum absolute atomic E-state index is 13.6. The topological polar surface area (TPSA) is 74.5 Å². The van der Waals surface area contributed by atoms with Gasteiger partial charge in [-0.3, -0.25) is 10.2 Å². The van der Waals surface area contributed by atoms with Crippen LogP contribution in [0.2, 0.25) is 0 Å². The Kier molecular flexibility index (Phi) is 3.74. The van der Waals surface area contributed by atoms with E-state index in [9.17, 15) is 4.79 Å². The normalized spacial score (nSPS) is 20.3. The number of fused-ring (bicyclic) bond motifs is 4. The third-order valence-corrected chi connectivity index (χ3v) is 5.94. The molecule has 1 N–H and O–H groups in total. The molecule has 1 fully saturated rings. The number of hydrazine groups is 1. The Balaban J connectivity index is 1.54. The number of amides is 1. The zero-order valence-electron chi connectivity index (χ0n) is 16.1. The van der Waals surface area contributed by atoms with Crippen LogP contribution in [0.4, 0.5) is 11.4 Å². The zero-order valence-corrected chi connectivity index (χ0v) is 16.1. The SMILES string of the molecule is O=C1C2CCc3ccccc3N2C(c2cccc3nonc23)N1Nc1ccccc1. The predicted octanol–water partition coefficient (Wildman–Crippen LogP) is 3.91. The largest absolute Gasteiger partial charge is 0.333 e. The van der Waals surface area contributed by atoms with Gasteiger partial charge in [-0.15, -0.1) is 0 Å². The first-order chi connectivity index (χ1) is 14.8. The molecule has 1 saturated heterocycles. The molecule has 0 spiro atoms. The van der Waals surface area contributed by atoms with E-state index in [1.54, 1.807) is 5.01 Å². The number of anilines is 2. The summed E-state index contributed by atoms with van der Waals surface area (Å²) >= 11 is 0. The first kappa shape index (κ1) is 17.0. The predicted molar refractivity (Wildman–Crippen MR) is 112 cm³/mol. The van der Waals surface area contributed by atoms with Crippen molar-refractivity contribution in [2.75, 3.05) is 10.3 Å². The second kappa shape index (κ2) is 6.59. The number of aromatic nitrogens is 2. The summed E-state index contributed by atoms with van der Waals surface area (Å²) in [6.07, 6.45) is 1.27. The maximum Gasteiger partial charge on any atom is 0.265 e. The molecule has 6 rings (SSSR count). The van der Waals surface area contributed by atoms with Gasteiger partial charge in [-0.1, -0.05) is 48.5 Å². The lowest BCUT2D eigenvalue weighted by atomic mass is 9.95. The van der Waals surface area contributed by atoms with Crippen LogP contribution in [-0.4, -0.2) is 27.3 Å². The number of rotatable bonds is 3. The summed E-state index contributed by atoms with van der Waals surface area (Å²) in [6, 6.07) is 23.6. The molecule has 0 bridgehead atoms. The fourth-order valence-corrected chi connectivity index (χ4v) is 4.62. The smallest absolute Gasteiger partial charge is 0.265 e. The van der Waals surface area contributed by atoms with E-state index in [4.69, 9.17) is 4.63 Å². The van der Waals surface area contributed by atoms with E-state index in [0.717, 1.165) is 29.8 Å². The molecule has 30 heavy (non-hydrogen) atoms. The fraction of sp³-hybridized carbons (Fsp3) is 0.174. The summed E-state index contributed by atoms with van der Waals surface area (Å²) in [5.74, 6) is 0.0480. The first-order valence-electron chi connectivity index (χ1n) is 10.0. The van der Waals surface area contributed by atoms with Crippen molar-refractivity contribution in [2.45, 2.75) is 25.0 Å². The standard InChI is InChI=1S/C23H19N5O2/c29-23-20-14-13-15-7-4-5-12-19(15)27(20)22(28(23)24-16-8-2-1-3-9-16)17-10-6-11-18-21(17)26-30-25-18/h1-12,20,22,24H,13-14H2. The average molecular weight is 397 g/mol. The van der Waals surface area contributed by atoms with Gasteiger partial charge in [-0.25, -0.2) is 9.64 Å². The Morgan fingerprint density at radius 3 is 2.67 bits per heavy atom. The van der Waals surface area contributed by atoms with Crippen LogP contribution >= 0.6 is 0 Å². The van der Waals surface area contributed by atoms with E-state index in [0.29, 0.717) is 11.0 Å². The highest BCUT2D eigenvalue weighted by atomic mass is 16.6. The van der Waals surface area contributed by atoms with Crippen molar-refractivity contribution in [3.8, 4) is 0 Å². The highest BCUT2D eigenvalue weighted by Crippen LogP contribution is 2.45. The number of carbonyl (C=O) groups is 1. The monoisotopic (exact) mass is 397 g/mol. The Morgan fingerprint density at radius 1 is 0.933 bits per heavy atom. The number of aryl methyl sites for hydroxylation is 1. The number of para-hydroxylation sites is 2. The van der Waals surface area contributed by atoms with Crippen molar-refractivity contribution in [1.82, 2.24) is 15.3 Å². The zero-order chi connectivity index (χ0) is 20.1. The molecular formula is C23H19N5O2. The summed E-state index contributed by atoms with van der Waals surface area (Å²) in [5, 5.41) is 9.87. The van der Waals surface area contributed by atoms with Gasteiger partial charge in [0.05, 0.1) is 5.69 Å². The summed E-state index contributed by atoms with van der Waals surface area (Å²) in [5.41, 5.74) is 8.75.